The number of aryl methyl sites for hydroxylation is 2. The number of benzene rings is 2. The summed E-state index contributed by atoms with van der Waals surface area (Å²) in [6, 6.07) is 12.2. The van der Waals surface area contributed by atoms with Crippen LogP contribution in [-0.4, -0.2) is 22.7 Å². The fraction of sp³-hybridized carbons (Fsp3) is 0.286. The molecule has 7 heteroatoms. The van der Waals surface area contributed by atoms with Crippen molar-refractivity contribution in [3.05, 3.63) is 65.3 Å². The number of nitrogens with zero attached hydrogens (tertiary/aromatic N) is 2. The van der Waals surface area contributed by atoms with E-state index in [4.69, 9.17) is 14.0 Å². The molecule has 1 aromatic heterocycles. The van der Waals surface area contributed by atoms with E-state index in [0.29, 0.717) is 16.9 Å². The van der Waals surface area contributed by atoms with Crippen molar-refractivity contribution in [1.29, 1.82) is 0 Å². The summed E-state index contributed by atoms with van der Waals surface area (Å²) in [6.45, 7) is 5.49. The molecule has 0 radical (unpaired) electrons. The van der Waals surface area contributed by atoms with Crippen LogP contribution >= 0.6 is 0 Å². The normalized spacial score (nSPS) is 11.9. The Balaban J connectivity index is 1.52. The monoisotopic (exact) mass is 384 g/mol. The SMILES string of the molecule is Cc1ccc(OCCC(=O)OC(C)c2nc(-c3ccc(C)c(F)c3)no2)cc1. The fourth-order valence-electron chi connectivity index (χ4n) is 2.44. The highest BCUT2D eigenvalue weighted by atomic mass is 19.1. The zero-order valence-electron chi connectivity index (χ0n) is 15.9. The van der Waals surface area contributed by atoms with Crippen LogP contribution in [0.3, 0.4) is 0 Å². The van der Waals surface area contributed by atoms with Crippen molar-refractivity contribution in [3.63, 3.8) is 0 Å². The van der Waals surface area contributed by atoms with Crippen LogP contribution in [0.5, 0.6) is 5.75 Å². The standard InChI is InChI=1S/C21H21FN2O4/c1-13-4-8-17(9-5-13)26-11-10-19(25)27-15(3)21-23-20(24-28-21)16-7-6-14(2)18(22)12-16/h4-9,12,15H,10-11H2,1-3H3. The molecule has 0 saturated heterocycles. The number of esters is 1. The van der Waals surface area contributed by atoms with Crippen molar-refractivity contribution in [2.75, 3.05) is 6.61 Å². The Hall–Kier alpha value is -3.22. The maximum atomic E-state index is 13.7. The van der Waals surface area contributed by atoms with Gasteiger partial charge in [0.1, 0.15) is 11.6 Å². The number of ether oxygens (including phenoxy) is 2. The van der Waals surface area contributed by atoms with Crippen LogP contribution < -0.4 is 4.74 Å². The third-order valence-electron chi connectivity index (χ3n) is 4.12. The van der Waals surface area contributed by atoms with Crippen molar-refractivity contribution < 1.29 is 23.2 Å². The van der Waals surface area contributed by atoms with Gasteiger partial charge in [-0.05, 0) is 44.5 Å². The summed E-state index contributed by atoms with van der Waals surface area (Å²) in [7, 11) is 0. The molecule has 0 aliphatic heterocycles. The minimum Gasteiger partial charge on any atom is -0.493 e. The van der Waals surface area contributed by atoms with Gasteiger partial charge in [-0.25, -0.2) is 4.39 Å². The van der Waals surface area contributed by atoms with Crippen LogP contribution in [0.15, 0.2) is 47.0 Å². The van der Waals surface area contributed by atoms with Crippen LogP contribution in [0, 0.1) is 19.7 Å². The Labute approximate surface area is 162 Å². The van der Waals surface area contributed by atoms with Gasteiger partial charge in [-0.15, -0.1) is 0 Å². The number of carbonyl (C=O) groups is 1. The van der Waals surface area contributed by atoms with Gasteiger partial charge in [0.2, 0.25) is 5.82 Å². The van der Waals surface area contributed by atoms with Gasteiger partial charge in [0, 0.05) is 5.56 Å². The van der Waals surface area contributed by atoms with Crippen LogP contribution in [0.1, 0.15) is 36.5 Å². The average Bonchev–Trinajstić information content (AvgIpc) is 3.16. The highest BCUT2D eigenvalue weighted by Gasteiger charge is 2.19. The molecule has 0 spiro atoms. The molecular formula is C21H21FN2O4. The van der Waals surface area contributed by atoms with Gasteiger partial charge < -0.3 is 14.0 Å². The molecule has 0 amide bonds. The third kappa shape index (κ3) is 4.94. The van der Waals surface area contributed by atoms with Gasteiger partial charge in [0.15, 0.2) is 6.10 Å². The molecule has 3 aromatic rings. The predicted molar refractivity (Wildman–Crippen MR) is 100 cm³/mol. The summed E-state index contributed by atoms with van der Waals surface area (Å²) in [5.41, 5.74) is 2.15. The van der Waals surface area contributed by atoms with E-state index >= 15 is 0 Å². The van der Waals surface area contributed by atoms with E-state index in [1.807, 2.05) is 31.2 Å². The first-order valence-corrected chi connectivity index (χ1v) is 8.91. The lowest BCUT2D eigenvalue weighted by molar-refractivity contribution is -0.150. The minimum absolute atomic E-state index is 0.0857. The van der Waals surface area contributed by atoms with E-state index in [0.717, 1.165) is 5.56 Å². The lowest BCUT2D eigenvalue weighted by atomic mass is 10.1. The van der Waals surface area contributed by atoms with E-state index in [2.05, 4.69) is 10.1 Å². The number of rotatable bonds is 7. The number of hydrogen-bond donors (Lipinski definition) is 0. The molecule has 1 heterocycles. The van der Waals surface area contributed by atoms with E-state index < -0.39 is 12.1 Å². The van der Waals surface area contributed by atoms with Crippen molar-refractivity contribution in [1.82, 2.24) is 10.1 Å². The largest absolute Gasteiger partial charge is 0.493 e. The predicted octanol–water partition coefficient (Wildman–Crippen LogP) is 4.57. The first-order valence-electron chi connectivity index (χ1n) is 8.91. The maximum absolute atomic E-state index is 13.7. The third-order valence-corrected chi connectivity index (χ3v) is 4.12. The van der Waals surface area contributed by atoms with E-state index in [-0.39, 0.29) is 30.6 Å². The van der Waals surface area contributed by atoms with E-state index in [1.165, 1.54) is 6.07 Å². The lowest BCUT2D eigenvalue weighted by Gasteiger charge is -2.10. The Morgan fingerprint density at radius 3 is 2.64 bits per heavy atom. The van der Waals surface area contributed by atoms with Gasteiger partial charge >= 0.3 is 5.97 Å². The Bertz CT molecular complexity index is 953. The Morgan fingerprint density at radius 1 is 1.18 bits per heavy atom. The van der Waals surface area contributed by atoms with E-state index in [1.54, 1.807) is 26.0 Å². The molecule has 0 saturated carbocycles. The maximum Gasteiger partial charge on any atom is 0.310 e. The Kier molecular flexibility index (Phi) is 6.03. The van der Waals surface area contributed by atoms with Crippen LogP contribution in [-0.2, 0) is 9.53 Å². The molecular weight excluding hydrogens is 363 g/mol. The number of aromatic nitrogens is 2. The summed E-state index contributed by atoms with van der Waals surface area (Å²) in [5.74, 6) is 0.277. The number of hydrogen-bond acceptors (Lipinski definition) is 6. The molecule has 146 valence electrons. The summed E-state index contributed by atoms with van der Waals surface area (Å²) >= 11 is 0. The van der Waals surface area contributed by atoms with Crippen LogP contribution in [0.2, 0.25) is 0 Å². The summed E-state index contributed by atoms with van der Waals surface area (Å²) in [4.78, 5) is 16.2. The highest BCUT2D eigenvalue weighted by molar-refractivity contribution is 5.69. The minimum atomic E-state index is -0.719. The van der Waals surface area contributed by atoms with Crippen molar-refractivity contribution in [3.8, 4) is 17.1 Å². The van der Waals surface area contributed by atoms with Crippen LogP contribution in [0.25, 0.3) is 11.4 Å². The first kappa shape index (κ1) is 19.5. The zero-order chi connectivity index (χ0) is 20.1. The summed E-state index contributed by atoms with van der Waals surface area (Å²) < 4.78 is 29.7. The smallest absolute Gasteiger partial charge is 0.310 e. The topological polar surface area (TPSA) is 74.5 Å². The fourth-order valence-corrected chi connectivity index (χ4v) is 2.44. The molecule has 0 bridgehead atoms. The summed E-state index contributed by atoms with van der Waals surface area (Å²) in [5, 5.41) is 3.83. The molecule has 6 nitrogen and oxygen atoms in total. The molecule has 1 atom stereocenters. The van der Waals surface area contributed by atoms with Gasteiger partial charge in [-0.1, -0.05) is 35.0 Å². The lowest BCUT2D eigenvalue weighted by Crippen LogP contribution is -2.12. The second kappa shape index (κ2) is 8.65. The highest BCUT2D eigenvalue weighted by Crippen LogP contribution is 2.22. The van der Waals surface area contributed by atoms with Crippen LogP contribution in [0.4, 0.5) is 4.39 Å². The van der Waals surface area contributed by atoms with Gasteiger partial charge in [-0.3, -0.25) is 4.79 Å². The molecule has 3 rings (SSSR count). The molecule has 2 aromatic carbocycles. The summed E-state index contributed by atoms with van der Waals surface area (Å²) in [6.07, 6.45) is -0.633. The number of carbonyl (C=O) groups excluding carboxylic acids is 1. The van der Waals surface area contributed by atoms with Gasteiger partial charge in [0.05, 0.1) is 13.0 Å². The molecule has 28 heavy (non-hydrogen) atoms. The quantitative estimate of drug-likeness (QED) is 0.556. The van der Waals surface area contributed by atoms with Crippen molar-refractivity contribution in [2.45, 2.75) is 33.3 Å². The van der Waals surface area contributed by atoms with Gasteiger partial charge in [-0.2, -0.15) is 4.98 Å². The van der Waals surface area contributed by atoms with Crippen molar-refractivity contribution in [2.24, 2.45) is 0 Å². The second-order valence-corrected chi connectivity index (χ2v) is 6.46. The Morgan fingerprint density at radius 2 is 1.93 bits per heavy atom. The van der Waals surface area contributed by atoms with E-state index in [9.17, 15) is 9.18 Å². The molecule has 1 unspecified atom stereocenters. The molecule has 0 aliphatic carbocycles. The average molecular weight is 384 g/mol. The first-order chi connectivity index (χ1) is 13.4. The number of halogens is 1. The molecule has 0 fully saturated rings. The van der Waals surface area contributed by atoms with Crippen molar-refractivity contribution >= 4 is 5.97 Å². The zero-order valence-corrected chi connectivity index (χ0v) is 15.9. The second-order valence-electron chi connectivity index (χ2n) is 6.46. The van der Waals surface area contributed by atoms with Gasteiger partial charge in [0.25, 0.3) is 5.89 Å². The molecule has 0 aliphatic rings. The molecule has 0 N–H and O–H groups in total.